The maximum atomic E-state index is 11.2. The number of ketones is 1. The highest BCUT2D eigenvalue weighted by atomic mass is 16.5. The Morgan fingerprint density at radius 2 is 1.43 bits per heavy atom. The van der Waals surface area contributed by atoms with Crippen LogP contribution in [-0.2, 0) is 4.79 Å². The topological polar surface area (TPSA) is 26.3 Å². The number of benzene rings is 2. The molecule has 0 aliphatic heterocycles. The monoisotopic (exact) mass is 314 g/mol. The number of aryl methyl sites for hydroxylation is 1. The van der Waals surface area contributed by atoms with Gasteiger partial charge in [0, 0.05) is 0 Å². The Kier molecular flexibility index (Phi) is 12.3. The fraction of sp³-hybridized carbons (Fsp3) is 0.381. The van der Waals surface area contributed by atoms with Gasteiger partial charge in [-0.2, -0.15) is 0 Å². The van der Waals surface area contributed by atoms with Crippen LogP contribution in [0.3, 0.4) is 0 Å². The van der Waals surface area contributed by atoms with Crippen molar-refractivity contribution < 1.29 is 9.53 Å². The number of carbonyl (C=O) groups excluding carboxylic acids is 1. The largest absolute Gasteiger partial charge is 0.483 e. The lowest BCUT2D eigenvalue weighted by molar-refractivity contribution is -0.123. The summed E-state index contributed by atoms with van der Waals surface area (Å²) in [5.41, 5.74) is 1.32. The smallest absolute Gasteiger partial charge is 0.170 e. The van der Waals surface area contributed by atoms with E-state index in [-0.39, 0.29) is 11.9 Å². The summed E-state index contributed by atoms with van der Waals surface area (Å²) in [4.78, 5) is 11.2. The molecule has 126 valence electrons. The molecule has 0 aromatic heterocycles. The molecule has 0 radical (unpaired) electrons. The maximum Gasteiger partial charge on any atom is 0.170 e. The van der Waals surface area contributed by atoms with Gasteiger partial charge in [0.2, 0.25) is 0 Å². The fourth-order valence-corrected chi connectivity index (χ4v) is 1.81. The first kappa shape index (κ1) is 20.9. The number of ether oxygens (including phenoxy) is 1. The lowest BCUT2D eigenvalue weighted by atomic mass is 10.1. The Bertz CT molecular complexity index is 506. The van der Waals surface area contributed by atoms with Gasteiger partial charge in [0.05, 0.1) is 0 Å². The van der Waals surface area contributed by atoms with Crippen LogP contribution in [0, 0.1) is 6.92 Å². The molecule has 0 saturated heterocycles. The van der Waals surface area contributed by atoms with Gasteiger partial charge in [-0.1, -0.05) is 81.3 Å². The van der Waals surface area contributed by atoms with Crippen LogP contribution in [0.4, 0.5) is 0 Å². The molecular formula is C21H30O2. The second-order valence-corrected chi connectivity index (χ2v) is 4.97. The van der Waals surface area contributed by atoms with Crippen LogP contribution in [-0.4, -0.2) is 11.9 Å². The Labute approximate surface area is 141 Å². The minimum Gasteiger partial charge on any atom is -0.483 e. The summed E-state index contributed by atoms with van der Waals surface area (Å²) in [5, 5.41) is 0. The summed E-state index contributed by atoms with van der Waals surface area (Å²) in [7, 11) is 0. The molecule has 0 spiro atoms. The molecule has 0 amide bonds. The van der Waals surface area contributed by atoms with E-state index in [0.29, 0.717) is 0 Å². The van der Waals surface area contributed by atoms with Gasteiger partial charge >= 0.3 is 0 Å². The zero-order valence-corrected chi connectivity index (χ0v) is 15.1. The van der Waals surface area contributed by atoms with Gasteiger partial charge in [-0.05, 0) is 32.4 Å². The number of carbonyl (C=O) groups is 1. The maximum absolute atomic E-state index is 11.2. The summed E-state index contributed by atoms with van der Waals surface area (Å²) in [6.07, 6.45) is 1.45. The second-order valence-electron chi connectivity index (χ2n) is 4.97. The van der Waals surface area contributed by atoms with Crippen molar-refractivity contribution in [1.82, 2.24) is 0 Å². The number of rotatable bonds is 5. The molecule has 0 aliphatic carbocycles. The van der Waals surface area contributed by atoms with Gasteiger partial charge in [0.1, 0.15) is 5.75 Å². The van der Waals surface area contributed by atoms with Crippen molar-refractivity contribution in [2.75, 3.05) is 0 Å². The highest BCUT2D eigenvalue weighted by Gasteiger charge is 2.14. The van der Waals surface area contributed by atoms with Crippen molar-refractivity contribution in [3.05, 3.63) is 66.2 Å². The van der Waals surface area contributed by atoms with E-state index in [1.54, 1.807) is 6.92 Å². The summed E-state index contributed by atoms with van der Waals surface area (Å²) in [6.45, 7) is 9.70. The Morgan fingerprint density at radius 1 is 0.957 bits per heavy atom. The van der Waals surface area contributed by atoms with E-state index < -0.39 is 0 Å². The summed E-state index contributed by atoms with van der Waals surface area (Å²) < 4.78 is 5.57. The third-order valence-electron chi connectivity index (χ3n) is 2.97. The van der Waals surface area contributed by atoms with E-state index in [4.69, 9.17) is 4.74 Å². The Balaban J connectivity index is 0.000000449. The van der Waals surface area contributed by atoms with Gasteiger partial charge in [-0.15, -0.1) is 0 Å². The molecule has 0 N–H and O–H groups in total. The molecular weight excluding hydrogens is 284 g/mol. The molecule has 0 fully saturated rings. The third kappa shape index (κ3) is 10.3. The van der Waals surface area contributed by atoms with Crippen molar-refractivity contribution in [3.8, 4) is 5.75 Å². The summed E-state index contributed by atoms with van der Waals surface area (Å²) in [5.74, 6) is 0.858. The molecule has 2 aromatic rings. The molecule has 2 aromatic carbocycles. The quantitative estimate of drug-likeness (QED) is 0.692. The van der Waals surface area contributed by atoms with Gasteiger partial charge in [0.25, 0.3) is 0 Å². The Morgan fingerprint density at radius 3 is 1.78 bits per heavy atom. The van der Waals surface area contributed by atoms with Gasteiger partial charge in [0.15, 0.2) is 11.9 Å². The molecule has 2 heteroatoms. The zero-order chi connectivity index (χ0) is 17.5. The molecule has 0 heterocycles. The number of hydrogen-bond donors (Lipinski definition) is 0. The molecule has 0 aliphatic rings. The SMILES string of the molecule is CC.CCCC(Oc1ccccc1)C(C)=O.Cc1ccccc1. The minimum atomic E-state index is -0.289. The lowest BCUT2D eigenvalue weighted by Crippen LogP contribution is -2.24. The van der Waals surface area contributed by atoms with Crippen molar-refractivity contribution >= 4 is 5.78 Å². The zero-order valence-electron chi connectivity index (χ0n) is 15.1. The molecule has 2 rings (SSSR count). The van der Waals surface area contributed by atoms with Crippen LogP contribution in [0.25, 0.3) is 0 Å². The number of Topliss-reactive ketones (excluding diaryl/α,β-unsaturated/α-hetero) is 1. The molecule has 0 saturated carbocycles. The lowest BCUT2D eigenvalue weighted by Gasteiger charge is -2.15. The van der Waals surface area contributed by atoms with Crippen LogP contribution in [0.5, 0.6) is 5.75 Å². The average Bonchev–Trinajstić information content (AvgIpc) is 2.58. The Hall–Kier alpha value is -2.09. The van der Waals surface area contributed by atoms with Crippen molar-refractivity contribution in [3.63, 3.8) is 0 Å². The van der Waals surface area contributed by atoms with Crippen LogP contribution in [0.1, 0.15) is 46.1 Å². The molecule has 1 unspecified atom stereocenters. The number of hydrogen-bond acceptors (Lipinski definition) is 2. The number of para-hydroxylation sites is 1. The first-order chi connectivity index (χ1) is 11.1. The first-order valence-electron chi connectivity index (χ1n) is 8.37. The molecule has 0 bridgehead atoms. The highest BCUT2D eigenvalue weighted by molar-refractivity contribution is 5.80. The summed E-state index contributed by atoms with van der Waals surface area (Å²) in [6, 6.07) is 19.7. The van der Waals surface area contributed by atoms with Gasteiger partial charge in [-0.25, -0.2) is 0 Å². The van der Waals surface area contributed by atoms with Crippen molar-refractivity contribution in [1.29, 1.82) is 0 Å². The van der Waals surface area contributed by atoms with Crippen LogP contribution in [0.15, 0.2) is 60.7 Å². The van der Waals surface area contributed by atoms with E-state index in [9.17, 15) is 4.79 Å². The minimum absolute atomic E-state index is 0.0932. The van der Waals surface area contributed by atoms with Crippen molar-refractivity contribution in [2.24, 2.45) is 0 Å². The second kappa shape index (κ2) is 13.6. The average molecular weight is 314 g/mol. The third-order valence-corrected chi connectivity index (χ3v) is 2.97. The van der Waals surface area contributed by atoms with E-state index >= 15 is 0 Å². The van der Waals surface area contributed by atoms with E-state index in [2.05, 4.69) is 19.1 Å². The predicted molar refractivity (Wildman–Crippen MR) is 99.0 cm³/mol. The highest BCUT2D eigenvalue weighted by Crippen LogP contribution is 2.13. The van der Waals surface area contributed by atoms with E-state index in [1.807, 2.05) is 69.3 Å². The van der Waals surface area contributed by atoms with Gasteiger partial charge < -0.3 is 4.74 Å². The van der Waals surface area contributed by atoms with Crippen molar-refractivity contribution in [2.45, 2.75) is 53.6 Å². The molecule has 1 atom stereocenters. The standard InChI is InChI=1S/C12H16O2.C7H8.C2H6/c1-3-7-12(10(2)13)14-11-8-5-4-6-9-11;1-7-5-3-2-4-6-7;1-2/h4-6,8-9,12H,3,7H2,1-2H3;2-6H,1H3;1-2H3. The first-order valence-corrected chi connectivity index (χ1v) is 8.37. The van der Waals surface area contributed by atoms with Gasteiger partial charge in [-0.3, -0.25) is 4.79 Å². The summed E-state index contributed by atoms with van der Waals surface area (Å²) >= 11 is 0. The van der Waals surface area contributed by atoms with E-state index in [1.165, 1.54) is 5.56 Å². The van der Waals surface area contributed by atoms with Crippen LogP contribution in [0.2, 0.25) is 0 Å². The van der Waals surface area contributed by atoms with E-state index in [0.717, 1.165) is 18.6 Å². The normalized spacial score (nSPS) is 10.3. The fourth-order valence-electron chi connectivity index (χ4n) is 1.81. The molecule has 23 heavy (non-hydrogen) atoms. The van der Waals surface area contributed by atoms with Crippen LogP contribution < -0.4 is 4.74 Å². The molecule has 2 nitrogen and oxygen atoms in total. The predicted octanol–water partition coefficient (Wildman–Crippen LogP) is 5.84. The van der Waals surface area contributed by atoms with Crippen LogP contribution >= 0.6 is 0 Å².